The summed E-state index contributed by atoms with van der Waals surface area (Å²) < 4.78 is 2.89. The van der Waals surface area contributed by atoms with Crippen LogP contribution in [0.3, 0.4) is 0 Å². The van der Waals surface area contributed by atoms with Crippen LogP contribution in [0.25, 0.3) is 11.2 Å². The molecule has 8 heteroatoms. The lowest BCUT2D eigenvalue weighted by Crippen LogP contribution is -2.29. The maximum atomic E-state index is 12.0. The fourth-order valence-corrected chi connectivity index (χ4v) is 2.05. The van der Waals surface area contributed by atoms with Gasteiger partial charge in [0.2, 0.25) is 5.95 Å². The number of nitrogens with zero attached hydrogens (tertiary/aromatic N) is 3. The molecule has 1 atom stereocenters. The molecule has 2 aromatic rings. The molecule has 2 heterocycles. The monoisotopic (exact) mass is 281 g/mol. The number of anilines is 1. The van der Waals surface area contributed by atoms with Gasteiger partial charge in [-0.2, -0.15) is 4.98 Å². The van der Waals surface area contributed by atoms with Crippen molar-refractivity contribution in [3.8, 4) is 0 Å². The molecule has 0 radical (unpaired) electrons. The van der Waals surface area contributed by atoms with Crippen molar-refractivity contribution in [2.45, 2.75) is 32.9 Å². The van der Waals surface area contributed by atoms with Crippen LogP contribution in [0.4, 0.5) is 5.95 Å². The number of H-pyrrole nitrogens is 1. The Kier molecular flexibility index (Phi) is 3.93. The Morgan fingerprint density at radius 2 is 2.15 bits per heavy atom. The van der Waals surface area contributed by atoms with E-state index in [1.165, 1.54) is 4.57 Å². The van der Waals surface area contributed by atoms with E-state index in [0.29, 0.717) is 18.1 Å². The predicted molar refractivity (Wildman–Crippen MR) is 76.1 cm³/mol. The van der Waals surface area contributed by atoms with Crippen LogP contribution in [-0.4, -0.2) is 36.9 Å². The number of aryl methyl sites for hydroxylation is 1. The summed E-state index contributed by atoms with van der Waals surface area (Å²) in [5.41, 5.74) is -0.420. The molecule has 0 saturated carbocycles. The number of nitrogens with one attached hydrogen (secondary N) is 2. The third-order valence-corrected chi connectivity index (χ3v) is 2.99. The zero-order valence-electron chi connectivity index (χ0n) is 11.8. The number of rotatable bonds is 5. The highest BCUT2D eigenvalue weighted by molar-refractivity contribution is 5.74. The molecular formula is C12H19N5O3. The molecule has 110 valence electrons. The number of hydrogen-bond donors (Lipinski definition) is 3. The van der Waals surface area contributed by atoms with Gasteiger partial charge >= 0.3 is 5.69 Å². The lowest BCUT2D eigenvalue weighted by molar-refractivity contribution is 0.175. The van der Waals surface area contributed by atoms with Crippen molar-refractivity contribution in [3.05, 3.63) is 20.8 Å². The van der Waals surface area contributed by atoms with Gasteiger partial charge in [-0.05, 0) is 13.3 Å². The minimum absolute atomic E-state index is 0.226. The highest BCUT2D eigenvalue weighted by Gasteiger charge is 2.17. The summed E-state index contributed by atoms with van der Waals surface area (Å²) in [5, 5.41) is 12.7. The standard InChI is InChI=1S/C12H19N5O3/c1-4-5-13-11-14-9-8(17(11)6-7(2)18)10(19)15-12(20)16(9)3/h7,18H,4-6H2,1-3H3,(H,13,14)(H,15,19,20)/t7-/m0/s1. The van der Waals surface area contributed by atoms with Crippen molar-refractivity contribution < 1.29 is 5.11 Å². The average molecular weight is 281 g/mol. The quantitative estimate of drug-likeness (QED) is 0.693. The highest BCUT2D eigenvalue weighted by atomic mass is 16.3. The molecule has 0 aliphatic rings. The molecule has 0 bridgehead atoms. The Morgan fingerprint density at radius 3 is 2.75 bits per heavy atom. The van der Waals surface area contributed by atoms with E-state index in [0.717, 1.165) is 6.42 Å². The first-order chi connectivity index (χ1) is 9.45. The lowest BCUT2D eigenvalue weighted by Gasteiger charge is -2.11. The maximum Gasteiger partial charge on any atom is 0.329 e. The molecule has 8 nitrogen and oxygen atoms in total. The van der Waals surface area contributed by atoms with E-state index < -0.39 is 17.4 Å². The molecule has 0 spiro atoms. The number of aliphatic hydroxyl groups is 1. The van der Waals surface area contributed by atoms with Gasteiger partial charge in [0.1, 0.15) is 0 Å². The summed E-state index contributed by atoms with van der Waals surface area (Å²) in [6.45, 7) is 4.56. The van der Waals surface area contributed by atoms with E-state index in [1.54, 1.807) is 18.5 Å². The third kappa shape index (κ3) is 2.46. The molecule has 0 amide bonds. The van der Waals surface area contributed by atoms with Crippen molar-refractivity contribution in [3.63, 3.8) is 0 Å². The molecule has 0 aliphatic heterocycles. The molecule has 20 heavy (non-hydrogen) atoms. The summed E-state index contributed by atoms with van der Waals surface area (Å²) in [4.78, 5) is 30.2. The van der Waals surface area contributed by atoms with Gasteiger partial charge in [-0.15, -0.1) is 0 Å². The van der Waals surface area contributed by atoms with Gasteiger partial charge < -0.3 is 15.0 Å². The van der Waals surface area contributed by atoms with Gasteiger partial charge in [0.25, 0.3) is 5.56 Å². The summed E-state index contributed by atoms with van der Waals surface area (Å²) >= 11 is 0. The highest BCUT2D eigenvalue weighted by Crippen LogP contribution is 2.15. The second-order valence-electron chi connectivity index (χ2n) is 4.81. The van der Waals surface area contributed by atoms with Gasteiger partial charge in [-0.25, -0.2) is 4.79 Å². The minimum Gasteiger partial charge on any atom is -0.392 e. The molecule has 2 aromatic heterocycles. The smallest absolute Gasteiger partial charge is 0.329 e. The second kappa shape index (κ2) is 5.49. The molecule has 0 aliphatic carbocycles. The topological polar surface area (TPSA) is 105 Å². The number of fused-ring (bicyclic) bond motifs is 1. The second-order valence-corrected chi connectivity index (χ2v) is 4.81. The van der Waals surface area contributed by atoms with Gasteiger partial charge in [0, 0.05) is 13.6 Å². The molecule has 0 fully saturated rings. The molecule has 0 aromatic carbocycles. The maximum absolute atomic E-state index is 12.0. The van der Waals surface area contributed by atoms with E-state index in [9.17, 15) is 14.7 Å². The summed E-state index contributed by atoms with van der Waals surface area (Å²) in [7, 11) is 1.55. The van der Waals surface area contributed by atoms with E-state index in [2.05, 4.69) is 15.3 Å². The van der Waals surface area contributed by atoms with Crippen molar-refractivity contribution in [2.24, 2.45) is 7.05 Å². The summed E-state index contributed by atoms with van der Waals surface area (Å²) in [6.07, 6.45) is 0.263. The van der Waals surface area contributed by atoms with Crippen molar-refractivity contribution in [1.82, 2.24) is 19.1 Å². The molecule has 3 N–H and O–H groups in total. The van der Waals surface area contributed by atoms with E-state index in [1.807, 2.05) is 6.92 Å². The zero-order chi connectivity index (χ0) is 14.9. The fraction of sp³-hybridized carbons (Fsp3) is 0.583. The first-order valence-electron chi connectivity index (χ1n) is 6.57. The number of aromatic nitrogens is 4. The Hall–Kier alpha value is -2.09. The molecule has 2 rings (SSSR count). The predicted octanol–water partition coefficient (Wildman–Crippen LogP) is -0.374. The van der Waals surface area contributed by atoms with Crippen LogP contribution in [0.5, 0.6) is 0 Å². The molecule has 0 saturated heterocycles. The first kappa shape index (κ1) is 14.3. The van der Waals surface area contributed by atoms with Gasteiger partial charge in [0.05, 0.1) is 12.6 Å². The number of aromatic amines is 1. The number of hydrogen-bond acceptors (Lipinski definition) is 5. The van der Waals surface area contributed by atoms with Gasteiger partial charge in [0.15, 0.2) is 11.2 Å². The Labute approximate surface area is 115 Å². The Morgan fingerprint density at radius 1 is 1.45 bits per heavy atom. The zero-order valence-corrected chi connectivity index (χ0v) is 11.8. The molecular weight excluding hydrogens is 262 g/mol. The van der Waals surface area contributed by atoms with Crippen molar-refractivity contribution >= 4 is 17.1 Å². The van der Waals surface area contributed by atoms with Crippen LogP contribution >= 0.6 is 0 Å². The van der Waals surface area contributed by atoms with Crippen LogP contribution in [0.2, 0.25) is 0 Å². The van der Waals surface area contributed by atoms with Gasteiger partial charge in [-0.3, -0.25) is 14.3 Å². The normalized spacial score (nSPS) is 12.8. The van der Waals surface area contributed by atoms with Crippen LogP contribution in [0, 0.1) is 0 Å². The third-order valence-electron chi connectivity index (χ3n) is 2.99. The Balaban J connectivity index is 2.72. The van der Waals surface area contributed by atoms with Crippen LogP contribution in [-0.2, 0) is 13.6 Å². The largest absolute Gasteiger partial charge is 0.392 e. The SMILES string of the molecule is CCCNc1nc2c(c(=O)[nH]c(=O)n2C)n1C[C@H](C)O. The Bertz CT molecular complexity index is 725. The summed E-state index contributed by atoms with van der Waals surface area (Å²) in [6, 6.07) is 0. The minimum atomic E-state index is -0.633. The first-order valence-corrected chi connectivity index (χ1v) is 6.57. The van der Waals surface area contributed by atoms with E-state index >= 15 is 0 Å². The average Bonchev–Trinajstić information content (AvgIpc) is 2.72. The lowest BCUT2D eigenvalue weighted by atomic mass is 10.4. The summed E-state index contributed by atoms with van der Waals surface area (Å²) in [5.74, 6) is 0.481. The van der Waals surface area contributed by atoms with E-state index in [-0.39, 0.29) is 12.1 Å². The van der Waals surface area contributed by atoms with Gasteiger partial charge in [-0.1, -0.05) is 6.92 Å². The number of aliphatic hydroxyl groups excluding tert-OH is 1. The van der Waals surface area contributed by atoms with Crippen LogP contribution < -0.4 is 16.6 Å². The molecule has 0 unspecified atom stereocenters. The van der Waals surface area contributed by atoms with Crippen molar-refractivity contribution in [2.75, 3.05) is 11.9 Å². The fourth-order valence-electron chi connectivity index (χ4n) is 2.05. The number of imidazole rings is 1. The van der Waals surface area contributed by atoms with Crippen LogP contribution in [0.1, 0.15) is 20.3 Å². The van der Waals surface area contributed by atoms with Crippen molar-refractivity contribution in [1.29, 1.82) is 0 Å². The van der Waals surface area contributed by atoms with Crippen LogP contribution in [0.15, 0.2) is 9.59 Å². The van der Waals surface area contributed by atoms with E-state index in [4.69, 9.17) is 0 Å².